The van der Waals surface area contributed by atoms with E-state index in [9.17, 15) is 4.79 Å². The van der Waals surface area contributed by atoms with E-state index >= 15 is 0 Å². The Hall–Kier alpha value is 0.0900. The van der Waals surface area contributed by atoms with Crippen molar-refractivity contribution in [2.75, 3.05) is 33.7 Å². The molecule has 0 aliphatic rings. The molecule has 1 amide bonds. The maximum absolute atomic E-state index is 12.4. The number of rotatable bonds is 6. The first-order valence-corrected chi connectivity index (χ1v) is 8.24. The Morgan fingerprint density at radius 3 is 2.44 bits per heavy atom. The molecule has 0 N–H and O–H groups in total. The number of hydrogen-bond donors (Lipinski definition) is 0. The fourth-order valence-corrected chi connectivity index (χ4v) is 4.42. The van der Waals surface area contributed by atoms with Crippen molar-refractivity contribution in [2.24, 2.45) is 0 Å². The van der Waals surface area contributed by atoms with Crippen LogP contribution in [0.2, 0.25) is 0 Å². The first-order valence-electron chi connectivity index (χ1n) is 5.84. The van der Waals surface area contributed by atoms with Gasteiger partial charge in [-0.2, -0.15) is 0 Å². The van der Waals surface area contributed by atoms with Crippen molar-refractivity contribution in [3.8, 4) is 0 Å². The van der Waals surface area contributed by atoms with Gasteiger partial charge in [-0.05, 0) is 71.9 Å². The summed E-state index contributed by atoms with van der Waals surface area (Å²) >= 11 is 8.38. The monoisotopic (exact) mass is 396 g/mol. The van der Waals surface area contributed by atoms with Gasteiger partial charge in [-0.25, -0.2) is 0 Å². The maximum Gasteiger partial charge on any atom is 0.255 e. The highest BCUT2D eigenvalue weighted by Gasteiger charge is 2.18. The minimum Gasteiger partial charge on any atom is -0.339 e. The quantitative estimate of drug-likeness (QED) is 0.730. The zero-order chi connectivity index (χ0) is 13.7. The maximum atomic E-state index is 12.4. The van der Waals surface area contributed by atoms with Gasteiger partial charge in [0.1, 0.15) is 0 Å². The lowest BCUT2D eigenvalue weighted by molar-refractivity contribution is 0.0759. The third-order valence-electron chi connectivity index (χ3n) is 2.59. The molecule has 6 heteroatoms. The van der Waals surface area contributed by atoms with Crippen molar-refractivity contribution in [2.45, 2.75) is 13.3 Å². The van der Waals surface area contributed by atoms with Crippen LogP contribution in [0.25, 0.3) is 0 Å². The van der Waals surface area contributed by atoms with E-state index in [0.29, 0.717) is 0 Å². The summed E-state index contributed by atoms with van der Waals surface area (Å²) in [6, 6.07) is 1.88. The highest BCUT2D eigenvalue weighted by molar-refractivity contribution is 9.12. The summed E-state index contributed by atoms with van der Waals surface area (Å²) in [5.41, 5.74) is 0.749. The van der Waals surface area contributed by atoms with E-state index in [1.165, 1.54) is 11.3 Å². The van der Waals surface area contributed by atoms with Crippen molar-refractivity contribution in [1.29, 1.82) is 0 Å². The van der Waals surface area contributed by atoms with Crippen LogP contribution >= 0.6 is 43.2 Å². The van der Waals surface area contributed by atoms with Gasteiger partial charge in [-0.15, -0.1) is 11.3 Å². The molecule has 0 aliphatic carbocycles. The molecule has 0 aromatic carbocycles. The molecule has 0 radical (unpaired) electrons. The molecule has 0 aliphatic heterocycles. The minimum absolute atomic E-state index is 0.102. The SMILES string of the molecule is CCN(CCCN(C)C)C(=O)c1cc(Br)sc1Br. The fraction of sp³-hybridized carbons (Fsp3) is 0.583. The average molecular weight is 398 g/mol. The van der Waals surface area contributed by atoms with Gasteiger partial charge in [0.2, 0.25) is 0 Å². The number of thiophene rings is 1. The second-order valence-electron chi connectivity index (χ2n) is 4.28. The van der Waals surface area contributed by atoms with Crippen molar-refractivity contribution < 1.29 is 4.79 Å². The number of hydrogen-bond acceptors (Lipinski definition) is 3. The van der Waals surface area contributed by atoms with Gasteiger partial charge in [0.15, 0.2) is 0 Å². The van der Waals surface area contributed by atoms with E-state index in [2.05, 4.69) is 36.8 Å². The van der Waals surface area contributed by atoms with E-state index in [4.69, 9.17) is 0 Å². The highest BCUT2D eigenvalue weighted by Crippen LogP contribution is 2.32. The number of amides is 1. The average Bonchev–Trinajstić information content (AvgIpc) is 2.63. The molecule has 3 nitrogen and oxygen atoms in total. The molecule has 0 atom stereocenters. The summed E-state index contributed by atoms with van der Waals surface area (Å²) in [5, 5.41) is 0. The van der Waals surface area contributed by atoms with Crippen LogP contribution in [0.1, 0.15) is 23.7 Å². The summed E-state index contributed by atoms with van der Waals surface area (Å²) in [7, 11) is 4.09. The normalized spacial score (nSPS) is 11.0. The molecule has 0 saturated heterocycles. The van der Waals surface area contributed by atoms with Crippen LogP contribution in [0, 0.1) is 0 Å². The molecule has 0 saturated carbocycles. The van der Waals surface area contributed by atoms with Gasteiger partial charge in [-0.3, -0.25) is 4.79 Å². The van der Waals surface area contributed by atoms with Crippen LogP contribution in [-0.4, -0.2) is 49.4 Å². The van der Waals surface area contributed by atoms with Crippen molar-refractivity contribution in [1.82, 2.24) is 9.80 Å². The number of carbonyl (C=O) groups excluding carboxylic acids is 1. The van der Waals surface area contributed by atoms with E-state index in [-0.39, 0.29) is 5.91 Å². The van der Waals surface area contributed by atoms with Crippen molar-refractivity contribution in [3.05, 3.63) is 19.2 Å². The molecule has 0 unspecified atom stereocenters. The molecule has 1 aromatic rings. The molecule has 18 heavy (non-hydrogen) atoms. The Morgan fingerprint density at radius 2 is 2.00 bits per heavy atom. The molecule has 0 bridgehead atoms. The van der Waals surface area contributed by atoms with Crippen LogP contribution in [-0.2, 0) is 0 Å². The third-order valence-corrected chi connectivity index (χ3v) is 4.93. The summed E-state index contributed by atoms with van der Waals surface area (Å²) in [6.07, 6.45) is 0.996. The van der Waals surface area contributed by atoms with Gasteiger partial charge in [0.25, 0.3) is 5.91 Å². The molecular formula is C12H18Br2N2OS. The first kappa shape index (κ1) is 16.1. The predicted molar refractivity (Wildman–Crippen MR) is 84.5 cm³/mol. The zero-order valence-electron chi connectivity index (χ0n) is 10.9. The zero-order valence-corrected chi connectivity index (χ0v) is 14.9. The Labute approximate surface area is 129 Å². The molecule has 102 valence electrons. The van der Waals surface area contributed by atoms with Gasteiger partial charge < -0.3 is 9.80 Å². The predicted octanol–water partition coefficient (Wildman–Crippen LogP) is 3.69. The standard InChI is InChI=1S/C12H18Br2N2OS/c1-4-16(7-5-6-15(2)3)12(17)9-8-10(13)18-11(9)14/h8H,4-7H2,1-3H3. The Morgan fingerprint density at radius 1 is 1.33 bits per heavy atom. The molecular weight excluding hydrogens is 380 g/mol. The number of halogens is 2. The minimum atomic E-state index is 0.102. The smallest absolute Gasteiger partial charge is 0.255 e. The lowest BCUT2D eigenvalue weighted by atomic mass is 10.2. The number of carbonyl (C=O) groups is 1. The van der Waals surface area contributed by atoms with Crippen LogP contribution in [0.3, 0.4) is 0 Å². The van der Waals surface area contributed by atoms with E-state index in [1.807, 2.05) is 32.0 Å². The summed E-state index contributed by atoms with van der Waals surface area (Å²) in [5.74, 6) is 0.102. The van der Waals surface area contributed by atoms with E-state index in [1.54, 1.807) is 0 Å². The Bertz CT molecular complexity index is 407. The van der Waals surface area contributed by atoms with Crippen LogP contribution in [0.5, 0.6) is 0 Å². The number of nitrogens with zero attached hydrogens (tertiary/aromatic N) is 2. The van der Waals surface area contributed by atoms with Crippen LogP contribution in [0.15, 0.2) is 13.6 Å². The Balaban J connectivity index is 2.65. The topological polar surface area (TPSA) is 23.6 Å². The molecule has 0 fully saturated rings. The van der Waals surface area contributed by atoms with Gasteiger partial charge in [0, 0.05) is 13.1 Å². The van der Waals surface area contributed by atoms with Gasteiger partial charge in [0.05, 0.1) is 13.1 Å². The largest absolute Gasteiger partial charge is 0.339 e. The second-order valence-corrected chi connectivity index (χ2v) is 8.03. The molecule has 1 aromatic heterocycles. The van der Waals surface area contributed by atoms with E-state index in [0.717, 1.165) is 39.2 Å². The summed E-state index contributed by atoms with van der Waals surface area (Å²) in [4.78, 5) is 16.4. The molecule has 0 spiro atoms. The van der Waals surface area contributed by atoms with Gasteiger partial charge >= 0.3 is 0 Å². The first-order chi connectivity index (χ1) is 8.45. The van der Waals surface area contributed by atoms with E-state index < -0.39 is 0 Å². The molecule has 1 heterocycles. The Kier molecular flexibility index (Phi) is 6.84. The van der Waals surface area contributed by atoms with Crippen LogP contribution in [0.4, 0.5) is 0 Å². The summed E-state index contributed by atoms with van der Waals surface area (Å²) < 4.78 is 1.87. The molecule has 1 rings (SSSR count). The second kappa shape index (κ2) is 7.62. The van der Waals surface area contributed by atoms with Crippen molar-refractivity contribution in [3.63, 3.8) is 0 Å². The fourth-order valence-electron chi connectivity index (χ4n) is 1.64. The third kappa shape index (κ3) is 4.64. The lowest BCUT2D eigenvalue weighted by Crippen LogP contribution is -2.33. The van der Waals surface area contributed by atoms with Crippen molar-refractivity contribution >= 4 is 49.1 Å². The lowest BCUT2D eigenvalue weighted by Gasteiger charge is -2.21. The van der Waals surface area contributed by atoms with Gasteiger partial charge in [-0.1, -0.05) is 0 Å². The van der Waals surface area contributed by atoms with Crippen LogP contribution < -0.4 is 0 Å². The highest BCUT2D eigenvalue weighted by atomic mass is 79.9. The summed E-state index contributed by atoms with van der Waals surface area (Å²) in [6.45, 7) is 4.56.